The Labute approximate surface area is 202 Å². The van der Waals surface area contributed by atoms with Crippen LogP contribution in [0, 0.1) is 6.92 Å². The Balaban J connectivity index is 1.50. The zero-order valence-electron chi connectivity index (χ0n) is 19.0. The second-order valence-electron chi connectivity index (χ2n) is 7.94. The number of hydrogen-bond donors (Lipinski definition) is 3. The lowest BCUT2D eigenvalue weighted by Gasteiger charge is -2.24. The van der Waals surface area contributed by atoms with Crippen LogP contribution in [-0.2, 0) is 16.4 Å². The van der Waals surface area contributed by atoms with E-state index in [2.05, 4.69) is 30.3 Å². The minimum absolute atomic E-state index is 0.0734. The molecule has 1 aliphatic heterocycles. The van der Waals surface area contributed by atoms with E-state index in [1.165, 1.54) is 13.1 Å². The highest BCUT2D eigenvalue weighted by Gasteiger charge is 2.38. The summed E-state index contributed by atoms with van der Waals surface area (Å²) in [5.41, 5.74) is 3.48. The highest BCUT2D eigenvalue weighted by Crippen LogP contribution is 2.25. The predicted octanol–water partition coefficient (Wildman–Crippen LogP) is 3.81. The van der Waals surface area contributed by atoms with Gasteiger partial charge in [0.15, 0.2) is 5.84 Å². The number of hydrogen-bond acceptors (Lipinski definition) is 7. The number of anilines is 2. The summed E-state index contributed by atoms with van der Waals surface area (Å²) in [6, 6.07) is 15.6. The molecule has 3 N–H and O–H groups in total. The van der Waals surface area contributed by atoms with Gasteiger partial charge in [0.05, 0.1) is 11.1 Å². The highest BCUT2D eigenvalue weighted by molar-refractivity contribution is 7.89. The average molecular weight is 499 g/mol. The molecule has 8 nitrogen and oxygen atoms in total. The summed E-state index contributed by atoms with van der Waals surface area (Å²) in [7, 11) is -2.37. The first-order valence-electron chi connectivity index (χ1n) is 10.7. The number of nitrogens with zero attached hydrogens (tertiary/aromatic N) is 3. The maximum absolute atomic E-state index is 14.5. The molecule has 3 aromatic rings. The normalized spacial score (nSPS) is 17.0. The van der Waals surface area contributed by atoms with Gasteiger partial charge in [0, 0.05) is 23.8 Å². The Kier molecular flexibility index (Phi) is 6.90. The number of benzene rings is 2. The Morgan fingerprint density at radius 3 is 2.31 bits per heavy atom. The van der Waals surface area contributed by atoms with Crippen LogP contribution in [0.1, 0.15) is 16.7 Å². The van der Waals surface area contributed by atoms with E-state index in [0.29, 0.717) is 29.6 Å². The van der Waals surface area contributed by atoms with Crippen molar-refractivity contribution in [3.05, 3.63) is 83.7 Å². The first kappa shape index (κ1) is 24.4. The van der Waals surface area contributed by atoms with Crippen molar-refractivity contribution in [2.24, 2.45) is 9.98 Å². The molecule has 1 aliphatic rings. The maximum Gasteiger partial charge on any atom is 0.339 e. The molecule has 0 fully saturated rings. The number of rotatable bonds is 7. The molecule has 182 valence electrons. The van der Waals surface area contributed by atoms with E-state index in [9.17, 15) is 17.2 Å². The van der Waals surface area contributed by atoms with Crippen LogP contribution in [0.25, 0.3) is 0 Å². The van der Waals surface area contributed by atoms with Crippen molar-refractivity contribution in [1.29, 1.82) is 0 Å². The minimum Gasteiger partial charge on any atom is -0.345 e. The average Bonchev–Trinajstić information content (AvgIpc) is 2.84. The smallest absolute Gasteiger partial charge is 0.339 e. The fraction of sp³-hybridized carbons (Fsp3) is 0.208. The molecule has 0 radical (unpaired) electrons. The van der Waals surface area contributed by atoms with Crippen LogP contribution in [0.3, 0.4) is 0 Å². The molecule has 11 heteroatoms. The van der Waals surface area contributed by atoms with Crippen molar-refractivity contribution in [3.63, 3.8) is 0 Å². The molecule has 0 amide bonds. The van der Waals surface area contributed by atoms with Gasteiger partial charge in [-0.25, -0.2) is 23.1 Å². The fourth-order valence-corrected chi connectivity index (χ4v) is 4.46. The van der Waals surface area contributed by atoms with E-state index in [-0.39, 0.29) is 4.90 Å². The molecule has 0 saturated heterocycles. The zero-order valence-corrected chi connectivity index (χ0v) is 19.9. The summed E-state index contributed by atoms with van der Waals surface area (Å²) in [6.07, 6.45) is 3.60. The van der Waals surface area contributed by atoms with Gasteiger partial charge in [-0.05, 0) is 73.5 Å². The topological polar surface area (TPSA) is 108 Å². The van der Waals surface area contributed by atoms with Crippen LogP contribution < -0.4 is 15.4 Å². The number of halogens is 2. The second-order valence-corrected chi connectivity index (χ2v) is 9.79. The van der Waals surface area contributed by atoms with Crippen LogP contribution in [-0.4, -0.2) is 44.7 Å². The number of aromatic nitrogens is 1. The lowest BCUT2D eigenvalue weighted by atomic mass is 10.1. The number of aliphatic imine (C=N–C) groups is 2. The number of amidine groups is 1. The van der Waals surface area contributed by atoms with Crippen molar-refractivity contribution >= 4 is 33.4 Å². The quantitative estimate of drug-likeness (QED) is 0.459. The molecule has 1 aromatic heterocycles. The first-order chi connectivity index (χ1) is 16.7. The van der Waals surface area contributed by atoms with Crippen molar-refractivity contribution < 1.29 is 17.2 Å². The SMILES string of the molecule is CNS(=O)(=O)c1cc(NC2N=CC(F)(F)C(Nc3ccc(Cc4ccncc4)cc3)=N2)ccc1C. The van der Waals surface area contributed by atoms with Crippen molar-refractivity contribution in [2.75, 3.05) is 17.7 Å². The van der Waals surface area contributed by atoms with Gasteiger partial charge in [0.2, 0.25) is 16.3 Å². The van der Waals surface area contributed by atoms with E-state index >= 15 is 0 Å². The Bertz CT molecular complexity index is 1360. The van der Waals surface area contributed by atoms with Crippen molar-refractivity contribution in [1.82, 2.24) is 9.71 Å². The summed E-state index contributed by atoms with van der Waals surface area (Å²) >= 11 is 0. The lowest BCUT2D eigenvalue weighted by Crippen LogP contribution is -2.41. The van der Waals surface area contributed by atoms with Crippen molar-refractivity contribution in [2.45, 2.75) is 30.5 Å². The molecule has 2 heterocycles. The largest absolute Gasteiger partial charge is 0.345 e. The molecule has 2 aromatic carbocycles. The number of sulfonamides is 1. The number of alkyl halides is 2. The molecule has 35 heavy (non-hydrogen) atoms. The van der Waals surface area contributed by atoms with E-state index in [4.69, 9.17) is 0 Å². The molecule has 1 unspecified atom stereocenters. The summed E-state index contributed by atoms with van der Waals surface area (Å²) < 4.78 is 55.7. The fourth-order valence-electron chi connectivity index (χ4n) is 3.47. The predicted molar refractivity (Wildman–Crippen MR) is 133 cm³/mol. The van der Waals surface area contributed by atoms with Crippen LogP contribution in [0.2, 0.25) is 0 Å². The standard InChI is InChI=1S/C24H24F2N6O2S/c1-16-3-6-20(14-21(16)35(33,34)27-2)31-23-29-15-24(25,26)22(32-23)30-19-7-4-17(5-8-19)13-18-9-11-28-12-10-18/h3-12,14-15,23,27,31H,13H2,1-2H3,(H,30,32). The van der Waals surface area contributed by atoms with Gasteiger partial charge in [0.1, 0.15) is 0 Å². The summed E-state index contributed by atoms with van der Waals surface area (Å²) in [4.78, 5) is 11.9. The van der Waals surface area contributed by atoms with Gasteiger partial charge in [-0.3, -0.25) is 4.98 Å². The van der Waals surface area contributed by atoms with Crippen molar-refractivity contribution in [3.8, 4) is 0 Å². The third-order valence-electron chi connectivity index (χ3n) is 5.36. The number of nitrogens with one attached hydrogen (secondary N) is 3. The Morgan fingerprint density at radius 1 is 0.971 bits per heavy atom. The second kappa shape index (κ2) is 9.88. The van der Waals surface area contributed by atoms with Crippen LogP contribution in [0.4, 0.5) is 20.2 Å². The maximum atomic E-state index is 14.5. The van der Waals surface area contributed by atoms with Gasteiger partial charge >= 0.3 is 5.92 Å². The summed E-state index contributed by atoms with van der Waals surface area (Å²) in [5.74, 6) is -3.95. The third-order valence-corrected chi connectivity index (χ3v) is 6.92. The molecule has 0 saturated carbocycles. The van der Waals surface area contributed by atoms with Crippen LogP contribution >= 0.6 is 0 Å². The van der Waals surface area contributed by atoms with E-state index in [0.717, 1.165) is 11.1 Å². The van der Waals surface area contributed by atoms with E-state index in [1.807, 2.05) is 24.3 Å². The van der Waals surface area contributed by atoms with Gasteiger partial charge in [0.25, 0.3) is 0 Å². The van der Waals surface area contributed by atoms with E-state index < -0.39 is 28.1 Å². The number of aryl methyl sites for hydroxylation is 1. The van der Waals surface area contributed by atoms with Crippen LogP contribution in [0.15, 0.2) is 81.9 Å². The van der Waals surface area contributed by atoms with Gasteiger partial charge in [-0.15, -0.1) is 0 Å². The summed E-state index contributed by atoms with van der Waals surface area (Å²) in [5, 5.41) is 5.56. The molecule has 0 aliphatic carbocycles. The molecule has 0 bridgehead atoms. The third kappa shape index (κ3) is 5.87. The molecule has 4 rings (SSSR count). The molecular weight excluding hydrogens is 474 g/mol. The monoisotopic (exact) mass is 498 g/mol. The minimum atomic E-state index is -3.69. The molecular formula is C24H24F2N6O2S. The Hall–Kier alpha value is -3.70. The summed E-state index contributed by atoms with van der Waals surface area (Å²) in [6.45, 7) is 1.66. The van der Waals surface area contributed by atoms with E-state index in [1.54, 1.807) is 43.6 Å². The molecule has 1 atom stereocenters. The first-order valence-corrected chi connectivity index (χ1v) is 12.2. The number of pyridine rings is 1. The Morgan fingerprint density at radius 2 is 1.63 bits per heavy atom. The highest BCUT2D eigenvalue weighted by atomic mass is 32.2. The van der Waals surface area contributed by atoms with Gasteiger partial charge < -0.3 is 10.6 Å². The molecule has 0 spiro atoms. The zero-order chi connectivity index (χ0) is 25.1. The lowest BCUT2D eigenvalue weighted by molar-refractivity contribution is 0.159. The van der Waals surface area contributed by atoms with Gasteiger partial charge in [-0.1, -0.05) is 18.2 Å². The van der Waals surface area contributed by atoms with Gasteiger partial charge in [-0.2, -0.15) is 8.78 Å². The van der Waals surface area contributed by atoms with Crippen LogP contribution in [0.5, 0.6) is 0 Å².